The van der Waals surface area contributed by atoms with Gasteiger partial charge in [-0.05, 0) is 42.9 Å². The van der Waals surface area contributed by atoms with Gasteiger partial charge in [-0.1, -0.05) is 6.07 Å². The molecule has 0 saturated heterocycles. The van der Waals surface area contributed by atoms with Crippen LogP contribution in [-0.2, 0) is 13.0 Å². The standard InChI is InChI=1S/C15H18FN3/c1-19(9-7-14-4-2-3-8-18-14)11-12-10-13(16)5-6-15(12)17/h2-6,8,10H,7,9,11,17H2,1H3. The smallest absolute Gasteiger partial charge is 0.123 e. The number of nitrogens with zero attached hydrogens (tertiary/aromatic N) is 2. The molecule has 1 heterocycles. The summed E-state index contributed by atoms with van der Waals surface area (Å²) in [5, 5.41) is 0. The van der Waals surface area contributed by atoms with Crippen molar-refractivity contribution in [1.82, 2.24) is 9.88 Å². The summed E-state index contributed by atoms with van der Waals surface area (Å²) in [7, 11) is 1.99. The van der Waals surface area contributed by atoms with Gasteiger partial charge in [-0.25, -0.2) is 4.39 Å². The molecule has 100 valence electrons. The molecule has 0 aliphatic carbocycles. The molecule has 0 atom stereocenters. The summed E-state index contributed by atoms with van der Waals surface area (Å²) in [6.07, 6.45) is 2.66. The number of pyridine rings is 1. The van der Waals surface area contributed by atoms with Gasteiger partial charge < -0.3 is 10.6 Å². The Bertz CT molecular complexity index is 528. The number of aromatic nitrogens is 1. The molecule has 1 aromatic heterocycles. The molecule has 3 nitrogen and oxygen atoms in total. The van der Waals surface area contributed by atoms with E-state index < -0.39 is 0 Å². The fourth-order valence-corrected chi connectivity index (χ4v) is 1.93. The lowest BCUT2D eigenvalue weighted by atomic mass is 10.1. The minimum atomic E-state index is -0.248. The molecule has 0 unspecified atom stereocenters. The molecule has 4 heteroatoms. The van der Waals surface area contributed by atoms with E-state index in [9.17, 15) is 4.39 Å². The number of rotatable bonds is 5. The molecule has 1 aromatic carbocycles. The van der Waals surface area contributed by atoms with Crippen LogP contribution in [0.1, 0.15) is 11.3 Å². The number of hydrogen-bond donors (Lipinski definition) is 1. The first kappa shape index (κ1) is 13.5. The minimum Gasteiger partial charge on any atom is -0.398 e. The molecule has 2 aromatic rings. The van der Waals surface area contributed by atoms with Crippen LogP contribution in [0.3, 0.4) is 0 Å². The Balaban J connectivity index is 1.90. The van der Waals surface area contributed by atoms with Gasteiger partial charge in [0, 0.05) is 37.1 Å². The van der Waals surface area contributed by atoms with Crippen LogP contribution in [0.25, 0.3) is 0 Å². The lowest BCUT2D eigenvalue weighted by Gasteiger charge is -2.17. The van der Waals surface area contributed by atoms with Gasteiger partial charge in [0.05, 0.1) is 0 Å². The number of hydrogen-bond acceptors (Lipinski definition) is 3. The third kappa shape index (κ3) is 4.03. The van der Waals surface area contributed by atoms with E-state index in [1.165, 1.54) is 12.1 Å². The van der Waals surface area contributed by atoms with E-state index in [1.54, 1.807) is 12.3 Å². The molecule has 2 rings (SSSR count). The number of benzene rings is 1. The van der Waals surface area contributed by atoms with Crippen molar-refractivity contribution in [3.8, 4) is 0 Å². The van der Waals surface area contributed by atoms with Crippen molar-refractivity contribution in [3.63, 3.8) is 0 Å². The fraction of sp³-hybridized carbons (Fsp3) is 0.267. The zero-order valence-electron chi connectivity index (χ0n) is 11.0. The predicted molar refractivity (Wildman–Crippen MR) is 75.1 cm³/mol. The fourth-order valence-electron chi connectivity index (χ4n) is 1.93. The van der Waals surface area contributed by atoms with E-state index in [4.69, 9.17) is 5.73 Å². The summed E-state index contributed by atoms with van der Waals surface area (Å²) in [6, 6.07) is 10.4. The molecule has 2 N–H and O–H groups in total. The SMILES string of the molecule is CN(CCc1ccccn1)Cc1cc(F)ccc1N. The molecular formula is C15H18FN3. The van der Waals surface area contributed by atoms with Crippen molar-refractivity contribution in [2.75, 3.05) is 19.3 Å². The van der Waals surface area contributed by atoms with Crippen LogP contribution in [0.15, 0.2) is 42.6 Å². The highest BCUT2D eigenvalue weighted by Gasteiger charge is 2.06. The second kappa shape index (κ2) is 6.29. The monoisotopic (exact) mass is 259 g/mol. The normalized spacial score (nSPS) is 10.9. The molecule has 0 spiro atoms. The van der Waals surface area contributed by atoms with Crippen LogP contribution in [-0.4, -0.2) is 23.5 Å². The quantitative estimate of drug-likeness (QED) is 0.839. The van der Waals surface area contributed by atoms with Crippen LogP contribution in [0.2, 0.25) is 0 Å². The molecule has 0 radical (unpaired) electrons. The lowest BCUT2D eigenvalue weighted by molar-refractivity contribution is 0.330. The Hall–Kier alpha value is -1.94. The van der Waals surface area contributed by atoms with Crippen LogP contribution in [0, 0.1) is 5.82 Å². The lowest BCUT2D eigenvalue weighted by Crippen LogP contribution is -2.21. The Labute approximate surface area is 112 Å². The average Bonchev–Trinajstić information content (AvgIpc) is 2.42. The van der Waals surface area contributed by atoms with E-state index in [0.717, 1.165) is 24.2 Å². The van der Waals surface area contributed by atoms with Gasteiger partial charge in [0.15, 0.2) is 0 Å². The molecule has 0 amide bonds. The van der Waals surface area contributed by atoms with Gasteiger partial charge >= 0.3 is 0 Å². The third-order valence-corrected chi connectivity index (χ3v) is 3.02. The van der Waals surface area contributed by atoms with E-state index in [2.05, 4.69) is 9.88 Å². The third-order valence-electron chi connectivity index (χ3n) is 3.02. The molecule has 0 saturated carbocycles. The summed E-state index contributed by atoms with van der Waals surface area (Å²) >= 11 is 0. The van der Waals surface area contributed by atoms with Crippen LogP contribution >= 0.6 is 0 Å². The van der Waals surface area contributed by atoms with Crippen molar-refractivity contribution < 1.29 is 4.39 Å². The van der Waals surface area contributed by atoms with Gasteiger partial charge in [-0.15, -0.1) is 0 Å². The van der Waals surface area contributed by atoms with E-state index >= 15 is 0 Å². The number of halogens is 1. The maximum atomic E-state index is 13.2. The van der Waals surface area contributed by atoms with Gasteiger partial charge in [-0.3, -0.25) is 4.98 Å². The van der Waals surface area contributed by atoms with Crippen LogP contribution in [0.5, 0.6) is 0 Å². The predicted octanol–water partition coefficient (Wildman–Crippen LogP) is 2.48. The zero-order chi connectivity index (χ0) is 13.7. The van der Waals surface area contributed by atoms with Gasteiger partial charge in [0.1, 0.15) is 5.82 Å². The topological polar surface area (TPSA) is 42.2 Å². The number of nitrogens with two attached hydrogens (primary N) is 1. The Kier molecular flexibility index (Phi) is 4.47. The first-order chi connectivity index (χ1) is 9.15. The maximum Gasteiger partial charge on any atom is 0.123 e. The summed E-state index contributed by atoms with van der Waals surface area (Å²) in [5.41, 5.74) is 8.35. The van der Waals surface area contributed by atoms with Crippen molar-refractivity contribution in [2.24, 2.45) is 0 Å². The Morgan fingerprint density at radius 1 is 1.26 bits per heavy atom. The Morgan fingerprint density at radius 3 is 2.84 bits per heavy atom. The number of likely N-dealkylation sites (N-methyl/N-ethyl adjacent to an activating group) is 1. The van der Waals surface area contributed by atoms with Crippen molar-refractivity contribution in [2.45, 2.75) is 13.0 Å². The highest BCUT2D eigenvalue weighted by molar-refractivity contribution is 5.46. The zero-order valence-corrected chi connectivity index (χ0v) is 11.0. The van der Waals surface area contributed by atoms with Crippen LogP contribution in [0.4, 0.5) is 10.1 Å². The summed E-state index contributed by atoms with van der Waals surface area (Å²) < 4.78 is 13.2. The maximum absolute atomic E-state index is 13.2. The number of anilines is 1. The van der Waals surface area contributed by atoms with Crippen molar-refractivity contribution >= 4 is 5.69 Å². The Morgan fingerprint density at radius 2 is 2.11 bits per heavy atom. The molecule has 0 bridgehead atoms. The van der Waals surface area contributed by atoms with Crippen molar-refractivity contribution in [3.05, 3.63) is 59.7 Å². The van der Waals surface area contributed by atoms with Gasteiger partial charge in [0.2, 0.25) is 0 Å². The molecule has 19 heavy (non-hydrogen) atoms. The summed E-state index contributed by atoms with van der Waals surface area (Å²) in [4.78, 5) is 6.39. The minimum absolute atomic E-state index is 0.248. The highest BCUT2D eigenvalue weighted by Crippen LogP contribution is 2.15. The van der Waals surface area contributed by atoms with E-state index in [-0.39, 0.29) is 5.82 Å². The summed E-state index contributed by atoms with van der Waals surface area (Å²) in [6.45, 7) is 1.49. The first-order valence-electron chi connectivity index (χ1n) is 6.27. The van der Waals surface area contributed by atoms with Gasteiger partial charge in [0.25, 0.3) is 0 Å². The van der Waals surface area contributed by atoms with Gasteiger partial charge in [-0.2, -0.15) is 0 Å². The van der Waals surface area contributed by atoms with Crippen LogP contribution < -0.4 is 5.73 Å². The average molecular weight is 259 g/mol. The second-order valence-corrected chi connectivity index (χ2v) is 4.65. The van der Waals surface area contributed by atoms with Crippen molar-refractivity contribution in [1.29, 1.82) is 0 Å². The molecule has 0 aliphatic heterocycles. The molecular weight excluding hydrogens is 241 g/mol. The first-order valence-corrected chi connectivity index (χ1v) is 6.27. The highest BCUT2D eigenvalue weighted by atomic mass is 19.1. The van der Waals surface area contributed by atoms with E-state index in [1.807, 2.05) is 25.2 Å². The second-order valence-electron chi connectivity index (χ2n) is 4.65. The summed E-state index contributed by atoms with van der Waals surface area (Å²) in [5.74, 6) is -0.248. The number of nitrogen functional groups attached to an aromatic ring is 1. The van der Waals surface area contributed by atoms with E-state index in [0.29, 0.717) is 12.2 Å². The molecule has 0 aliphatic rings. The largest absolute Gasteiger partial charge is 0.398 e. The molecule has 0 fully saturated rings.